The molecule has 1 N–H and O–H groups in total. The zero-order valence-corrected chi connectivity index (χ0v) is 11.3. The molecule has 1 rings (SSSR count). The van der Waals surface area contributed by atoms with E-state index in [-0.39, 0.29) is 12.6 Å². The van der Waals surface area contributed by atoms with Gasteiger partial charge in [-0.05, 0) is 38.0 Å². The van der Waals surface area contributed by atoms with Crippen LogP contribution >= 0.6 is 0 Å². The van der Waals surface area contributed by atoms with Crippen LogP contribution in [-0.2, 0) is 14.3 Å². The number of carbonyl (C=O) groups is 1. The summed E-state index contributed by atoms with van der Waals surface area (Å²) in [6.07, 6.45) is 0. The van der Waals surface area contributed by atoms with E-state index in [4.69, 9.17) is 9.47 Å². The van der Waals surface area contributed by atoms with E-state index in [9.17, 15) is 4.79 Å². The maximum Gasteiger partial charge on any atom is 0.332 e. The van der Waals surface area contributed by atoms with Crippen LogP contribution in [0.4, 0.5) is 5.69 Å². The van der Waals surface area contributed by atoms with Crippen molar-refractivity contribution in [1.29, 1.82) is 0 Å². The highest BCUT2D eigenvalue weighted by atomic mass is 16.6. The molecule has 0 unspecified atom stereocenters. The fourth-order valence-corrected chi connectivity index (χ4v) is 1.54. The molecule has 0 saturated carbocycles. The fraction of sp³-hybridized carbons (Fsp3) is 0.500. The largest absolute Gasteiger partial charge is 0.464 e. The molecule has 0 aliphatic rings. The van der Waals surface area contributed by atoms with Gasteiger partial charge in [-0.15, -0.1) is 0 Å². The third-order valence-electron chi connectivity index (χ3n) is 2.48. The third-order valence-corrected chi connectivity index (χ3v) is 2.48. The zero-order valence-electron chi connectivity index (χ0n) is 11.3. The summed E-state index contributed by atoms with van der Waals surface area (Å²) in [5, 5.41) is 3.28. The van der Waals surface area contributed by atoms with Crippen LogP contribution in [0.25, 0.3) is 0 Å². The van der Waals surface area contributed by atoms with Gasteiger partial charge in [0.05, 0.1) is 13.2 Å². The highest BCUT2D eigenvalue weighted by molar-refractivity contribution is 5.70. The normalized spacial score (nSPS) is 10.2. The van der Waals surface area contributed by atoms with Gasteiger partial charge in [0, 0.05) is 12.2 Å². The minimum absolute atomic E-state index is 0.0162. The molecule has 1 aromatic rings. The first-order valence-electron chi connectivity index (χ1n) is 6.18. The number of rotatable bonds is 7. The maximum absolute atomic E-state index is 11.0. The van der Waals surface area contributed by atoms with Gasteiger partial charge in [0.2, 0.25) is 0 Å². The summed E-state index contributed by atoms with van der Waals surface area (Å²) < 4.78 is 9.96. The van der Waals surface area contributed by atoms with Gasteiger partial charge in [-0.2, -0.15) is 0 Å². The number of benzene rings is 1. The van der Waals surface area contributed by atoms with Crippen molar-refractivity contribution in [2.75, 3.05) is 31.7 Å². The Hall–Kier alpha value is -1.55. The molecule has 18 heavy (non-hydrogen) atoms. The quantitative estimate of drug-likeness (QED) is 0.596. The van der Waals surface area contributed by atoms with E-state index in [0.717, 1.165) is 5.69 Å². The number of hydrogen-bond donors (Lipinski definition) is 1. The molecule has 0 amide bonds. The standard InChI is InChI=1S/C14H21NO3/c1-4-18-14(16)10-17-8-7-15-13-9-11(2)5-6-12(13)3/h5-6,9,15H,4,7-8,10H2,1-3H3. The van der Waals surface area contributed by atoms with Crippen molar-refractivity contribution in [3.05, 3.63) is 29.3 Å². The number of ether oxygens (including phenoxy) is 2. The van der Waals surface area contributed by atoms with Crippen LogP contribution < -0.4 is 5.32 Å². The lowest BCUT2D eigenvalue weighted by Gasteiger charge is -2.10. The van der Waals surface area contributed by atoms with Gasteiger partial charge in [0.25, 0.3) is 0 Å². The molecule has 0 aliphatic carbocycles. The second-order valence-corrected chi connectivity index (χ2v) is 4.10. The Morgan fingerprint density at radius 1 is 1.33 bits per heavy atom. The van der Waals surface area contributed by atoms with E-state index < -0.39 is 0 Å². The molecular weight excluding hydrogens is 230 g/mol. The Labute approximate surface area is 108 Å². The molecule has 0 fully saturated rings. The summed E-state index contributed by atoms with van der Waals surface area (Å²) in [7, 11) is 0. The average Bonchev–Trinajstić information content (AvgIpc) is 2.33. The molecule has 4 heteroatoms. The van der Waals surface area contributed by atoms with Gasteiger partial charge in [0.1, 0.15) is 6.61 Å². The second kappa shape index (κ2) is 7.71. The average molecular weight is 251 g/mol. The SMILES string of the molecule is CCOC(=O)COCCNc1cc(C)ccc1C. The Bertz CT molecular complexity index is 391. The van der Waals surface area contributed by atoms with Crippen molar-refractivity contribution in [3.8, 4) is 0 Å². The Kier molecular flexibility index (Phi) is 6.22. The Morgan fingerprint density at radius 2 is 2.11 bits per heavy atom. The molecule has 0 bridgehead atoms. The van der Waals surface area contributed by atoms with E-state index in [1.54, 1.807) is 6.92 Å². The van der Waals surface area contributed by atoms with Crippen LogP contribution in [-0.4, -0.2) is 32.3 Å². The monoisotopic (exact) mass is 251 g/mol. The molecule has 0 radical (unpaired) electrons. The molecule has 0 spiro atoms. The van der Waals surface area contributed by atoms with Crippen molar-refractivity contribution in [2.24, 2.45) is 0 Å². The minimum atomic E-state index is -0.316. The van der Waals surface area contributed by atoms with Gasteiger partial charge in [-0.3, -0.25) is 0 Å². The van der Waals surface area contributed by atoms with E-state index in [1.165, 1.54) is 11.1 Å². The summed E-state index contributed by atoms with van der Waals surface area (Å²) in [6.45, 7) is 7.45. The molecule has 0 saturated heterocycles. The topological polar surface area (TPSA) is 47.6 Å². The summed E-state index contributed by atoms with van der Waals surface area (Å²) in [4.78, 5) is 11.0. The number of carbonyl (C=O) groups excluding carboxylic acids is 1. The molecular formula is C14H21NO3. The summed E-state index contributed by atoms with van der Waals surface area (Å²) in [5.41, 5.74) is 3.52. The third kappa shape index (κ3) is 5.19. The predicted octanol–water partition coefficient (Wildman–Crippen LogP) is 2.30. The van der Waals surface area contributed by atoms with E-state index >= 15 is 0 Å². The summed E-state index contributed by atoms with van der Waals surface area (Å²) in [6, 6.07) is 6.26. The smallest absolute Gasteiger partial charge is 0.332 e. The van der Waals surface area contributed by atoms with Gasteiger partial charge >= 0.3 is 5.97 Å². The van der Waals surface area contributed by atoms with Crippen LogP contribution in [0, 0.1) is 13.8 Å². The van der Waals surface area contributed by atoms with Crippen molar-refractivity contribution < 1.29 is 14.3 Å². The van der Waals surface area contributed by atoms with Gasteiger partial charge < -0.3 is 14.8 Å². The van der Waals surface area contributed by atoms with Crippen LogP contribution in [0.2, 0.25) is 0 Å². The Morgan fingerprint density at radius 3 is 2.83 bits per heavy atom. The molecule has 0 atom stereocenters. The lowest BCUT2D eigenvalue weighted by Crippen LogP contribution is -2.16. The highest BCUT2D eigenvalue weighted by Gasteiger charge is 2.01. The van der Waals surface area contributed by atoms with Crippen LogP contribution in [0.3, 0.4) is 0 Å². The molecule has 0 aliphatic heterocycles. The van der Waals surface area contributed by atoms with Gasteiger partial charge in [0.15, 0.2) is 0 Å². The zero-order chi connectivity index (χ0) is 13.4. The number of esters is 1. The number of hydrogen-bond acceptors (Lipinski definition) is 4. The van der Waals surface area contributed by atoms with E-state index in [2.05, 4.69) is 37.4 Å². The molecule has 0 aromatic heterocycles. The molecule has 100 valence electrons. The molecule has 1 aromatic carbocycles. The number of anilines is 1. The highest BCUT2D eigenvalue weighted by Crippen LogP contribution is 2.15. The first-order chi connectivity index (χ1) is 8.63. The van der Waals surface area contributed by atoms with Crippen molar-refractivity contribution >= 4 is 11.7 Å². The predicted molar refractivity (Wildman–Crippen MR) is 71.9 cm³/mol. The summed E-state index contributed by atoms with van der Waals surface area (Å²) in [5.74, 6) is -0.316. The molecule has 0 heterocycles. The van der Waals surface area contributed by atoms with E-state index in [1.807, 2.05) is 0 Å². The Balaban J connectivity index is 2.21. The van der Waals surface area contributed by atoms with Crippen molar-refractivity contribution in [2.45, 2.75) is 20.8 Å². The maximum atomic E-state index is 11.0. The van der Waals surface area contributed by atoms with Crippen LogP contribution in [0.15, 0.2) is 18.2 Å². The number of aryl methyl sites for hydroxylation is 2. The first-order valence-corrected chi connectivity index (χ1v) is 6.18. The van der Waals surface area contributed by atoms with Gasteiger partial charge in [-0.25, -0.2) is 4.79 Å². The molecule has 4 nitrogen and oxygen atoms in total. The second-order valence-electron chi connectivity index (χ2n) is 4.10. The van der Waals surface area contributed by atoms with Gasteiger partial charge in [-0.1, -0.05) is 12.1 Å². The van der Waals surface area contributed by atoms with Crippen LogP contribution in [0.5, 0.6) is 0 Å². The lowest BCUT2D eigenvalue weighted by atomic mass is 10.1. The van der Waals surface area contributed by atoms with Crippen LogP contribution in [0.1, 0.15) is 18.1 Å². The lowest BCUT2D eigenvalue weighted by molar-refractivity contribution is -0.148. The van der Waals surface area contributed by atoms with Crippen molar-refractivity contribution in [1.82, 2.24) is 0 Å². The van der Waals surface area contributed by atoms with Crippen molar-refractivity contribution in [3.63, 3.8) is 0 Å². The first kappa shape index (κ1) is 14.5. The fourth-order valence-electron chi connectivity index (χ4n) is 1.54. The minimum Gasteiger partial charge on any atom is -0.464 e. The number of nitrogens with one attached hydrogen (secondary N) is 1. The van der Waals surface area contributed by atoms with E-state index in [0.29, 0.717) is 19.8 Å². The summed E-state index contributed by atoms with van der Waals surface area (Å²) >= 11 is 0.